The largest absolute Gasteiger partial charge is 0.484 e. The number of carbonyl (C=O) groups excluding carboxylic acids is 3. The normalized spacial score (nSPS) is 10.3. The summed E-state index contributed by atoms with van der Waals surface area (Å²) in [5, 5.41) is 8.87. The van der Waals surface area contributed by atoms with Crippen molar-refractivity contribution >= 4 is 23.9 Å². The molecule has 0 atom stereocenters. The molecule has 8 nitrogen and oxygen atoms in total. The Morgan fingerprint density at radius 3 is 2.40 bits per heavy atom. The summed E-state index contributed by atoms with van der Waals surface area (Å²) in [6, 6.07) is 16.7. The number of nitrogens with zero attached hydrogens (tertiary/aromatic N) is 1. The summed E-state index contributed by atoms with van der Waals surface area (Å²) in [6.45, 7) is 4.09. The molecule has 0 unspecified atom stereocenters. The van der Waals surface area contributed by atoms with Crippen molar-refractivity contribution in [3.05, 3.63) is 78.4 Å². The number of hydrogen-bond acceptors (Lipinski definition) is 5. The van der Waals surface area contributed by atoms with E-state index in [1.54, 1.807) is 24.3 Å². The summed E-state index contributed by atoms with van der Waals surface area (Å²) in [6.07, 6.45) is 3.61. The van der Waals surface area contributed by atoms with Gasteiger partial charge in [0.05, 0.1) is 6.21 Å². The molecule has 8 heteroatoms. The summed E-state index contributed by atoms with van der Waals surface area (Å²) >= 11 is 0. The van der Waals surface area contributed by atoms with Crippen LogP contribution in [-0.2, 0) is 20.8 Å². The van der Waals surface area contributed by atoms with Gasteiger partial charge in [0.2, 0.25) is 0 Å². The second-order valence-corrected chi connectivity index (χ2v) is 6.14. The molecule has 0 spiro atoms. The zero-order valence-corrected chi connectivity index (χ0v) is 16.5. The highest BCUT2D eigenvalue weighted by Gasteiger charge is 2.10. The predicted octanol–water partition coefficient (Wildman–Crippen LogP) is 1.18. The topological polar surface area (TPSA) is 109 Å². The Balaban J connectivity index is 1.68. The van der Waals surface area contributed by atoms with Gasteiger partial charge in [-0.2, -0.15) is 5.10 Å². The van der Waals surface area contributed by atoms with Crippen molar-refractivity contribution in [2.24, 2.45) is 5.10 Å². The van der Waals surface area contributed by atoms with Crippen molar-refractivity contribution in [3.63, 3.8) is 0 Å². The maximum atomic E-state index is 11.9. The van der Waals surface area contributed by atoms with Gasteiger partial charge < -0.3 is 15.4 Å². The van der Waals surface area contributed by atoms with Crippen LogP contribution in [-0.4, -0.2) is 43.6 Å². The molecule has 0 radical (unpaired) electrons. The molecule has 2 aromatic rings. The fraction of sp³-hybridized carbons (Fsp3) is 0.182. The number of amides is 3. The molecular weight excluding hydrogens is 384 g/mol. The van der Waals surface area contributed by atoms with Gasteiger partial charge in [-0.15, -0.1) is 6.58 Å². The Labute approximate surface area is 175 Å². The zero-order valence-electron chi connectivity index (χ0n) is 16.5. The molecule has 0 saturated carbocycles. The van der Waals surface area contributed by atoms with Crippen LogP contribution in [0.2, 0.25) is 0 Å². The quantitative estimate of drug-likeness (QED) is 0.237. The van der Waals surface area contributed by atoms with Crippen molar-refractivity contribution in [3.8, 4) is 5.75 Å². The average Bonchev–Trinajstić information content (AvgIpc) is 2.77. The van der Waals surface area contributed by atoms with E-state index in [9.17, 15) is 14.4 Å². The number of carbonyl (C=O) groups is 3. The molecule has 3 N–H and O–H groups in total. The second kappa shape index (κ2) is 12.5. The highest BCUT2D eigenvalue weighted by molar-refractivity contribution is 6.35. The first kappa shape index (κ1) is 22.4. The number of hydrazone groups is 1. The monoisotopic (exact) mass is 408 g/mol. The SMILES string of the molecule is C=CCNC(=O)C(=O)N/N=C\c1ccc(OCC(=O)NCCc2ccccc2)cc1. The van der Waals surface area contributed by atoms with E-state index in [1.165, 1.54) is 12.3 Å². The molecule has 0 aliphatic rings. The lowest BCUT2D eigenvalue weighted by Gasteiger charge is -2.08. The van der Waals surface area contributed by atoms with E-state index in [1.807, 2.05) is 30.3 Å². The van der Waals surface area contributed by atoms with E-state index < -0.39 is 11.8 Å². The molecule has 30 heavy (non-hydrogen) atoms. The molecule has 0 aliphatic carbocycles. The third-order valence-corrected chi connectivity index (χ3v) is 3.82. The minimum absolute atomic E-state index is 0.0852. The van der Waals surface area contributed by atoms with Crippen LogP contribution < -0.4 is 20.8 Å². The van der Waals surface area contributed by atoms with Crippen LogP contribution >= 0.6 is 0 Å². The molecule has 0 saturated heterocycles. The van der Waals surface area contributed by atoms with Crippen LogP contribution in [0.5, 0.6) is 5.75 Å². The van der Waals surface area contributed by atoms with Gasteiger partial charge in [0, 0.05) is 13.1 Å². The minimum Gasteiger partial charge on any atom is -0.484 e. The highest BCUT2D eigenvalue weighted by atomic mass is 16.5. The molecule has 2 aromatic carbocycles. The van der Waals surface area contributed by atoms with Gasteiger partial charge in [-0.3, -0.25) is 14.4 Å². The van der Waals surface area contributed by atoms with Crippen LogP contribution in [0.15, 0.2) is 72.4 Å². The smallest absolute Gasteiger partial charge is 0.329 e. The average molecular weight is 408 g/mol. The maximum absolute atomic E-state index is 11.9. The van der Waals surface area contributed by atoms with Gasteiger partial charge in [0.25, 0.3) is 5.91 Å². The Morgan fingerprint density at radius 1 is 0.967 bits per heavy atom. The third kappa shape index (κ3) is 8.39. The Bertz CT molecular complexity index is 880. The molecule has 3 amide bonds. The van der Waals surface area contributed by atoms with Crippen molar-refractivity contribution in [1.29, 1.82) is 0 Å². The van der Waals surface area contributed by atoms with Crippen LogP contribution in [0.25, 0.3) is 0 Å². The van der Waals surface area contributed by atoms with Crippen LogP contribution in [0.3, 0.4) is 0 Å². The fourth-order valence-electron chi connectivity index (χ4n) is 2.30. The first-order valence-corrected chi connectivity index (χ1v) is 9.34. The summed E-state index contributed by atoms with van der Waals surface area (Å²) < 4.78 is 5.45. The third-order valence-electron chi connectivity index (χ3n) is 3.82. The number of hydrogen-bond donors (Lipinski definition) is 3. The standard InChI is InChI=1S/C22H24N4O4/c1-2-13-24-21(28)22(29)26-25-15-18-8-10-19(11-9-18)30-16-20(27)23-14-12-17-6-4-3-5-7-17/h2-11,15H,1,12-14,16H2,(H,23,27)(H,24,28)(H,26,29)/b25-15-. The molecule has 2 rings (SSSR count). The molecule has 0 aromatic heterocycles. The number of ether oxygens (including phenoxy) is 1. The Kier molecular flexibility index (Phi) is 9.32. The number of nitrogens with one attached hydrogen (secondary N) is 3. The lowest BCUT2D eigenvalue weighted by molar-refractivity contribution is -0.139. The van der Waals surface area contributed by atoms with Crippen LogP contribution in [0, 0.1) is 0 Å². The van der Waals surface area contributed by atoms with E-state index >= 15 is 0 Å². The van der Waals surface area contributed by atoms with E-state index in [0.717, 1.165) is 12.0 Å². The lowest BCUT2D eigenvalue weighted by Crippen LogP contribution is -2.37. The number of rotatable bonds is 10. The maximum Gasteiger partial charge on any atom is 0.329 e. The minimum atomic E-state index is -0.869. The van der Waals surface area contributed by atoms with Gasteiger partial charge in [0.15, 0.2) is 6.61 Å². The Morgan fingerprint density at radius 2 is 1.70 bits per heavy atom. The highest BCUT2D eigenvalue weighted by Crippen LogP contribution is 2.10. The van der Waals surface area contributed by atoms with Crippen LogP contribution in [0.1, 0.15) is 11.1 Å². The van der Waals surface area contributed by atoms with Gasteiger partial charge in [-0.05, 0) is 41.8 Å². The number of benzene rings is 2. The van der Waals surface area contributed by atoms with E-state index in [2.05, 4.69) is 27.7 Å². The van der Waals surface area contributed by atoms with Crippen molar-refractivity contribution in [2.75, 3.05) is 19.7 Å². The van der Waals surface area contributed by atoms with Gasteiger partial charge in [-0.1, -0.05) is 36.4 Å². The zero-order chi connectivity index (χ0) is 21.6. The van der Waals surface area contributed by atoms with E-state index in [4.69, 9.17) is 4.74 Å². The summed E-state index contributed by atoms with van der Waals surface area (Å²) in [5.41, 5.74) is 3.96. The van der Waals surface area contributed by atoms with Gasteiger partial charge >= 0.3 is 11.8 Å². The molecule has 0 heterocycles. The molecule has 156 valence electrons. The second-order valence-electron chi connectivity index (χ2n) is 6.14. The predicted molar refractivity (Wildman–Crippen MR) is 114 cm³/mol. The molecular formula is C22H24N4O4. The first-order chi connectivity index (χ1) is 14.6. The van der Waals surface area contributed by atoms with Gasteiger partial charge in [-0.25, -0.2) is 5.43 Å². The lowest BCUT2D eigenvalue weighted by atomic mass is 10.1. The molecule has 0 fully saturated rings. The van der Waals surface area contributed by atoms with Crippen molar-refractivity contribution in [1.82, 2.24) is 16.1 Å². The van der Waals surface area contributed by atoms with E-state index in [0.29, 0.717) is 17.9 Å². The fourth-order valence-corrected chi connectivity index (χ4v) is 2.30. The molecule has 0 bridgehead atoms. The summed E-state index contributed by atoms with van der Waals surface area (Å²) in [7, 11) is 0. The van der Waals surface area contributed by atoms with Crippen LogP contribution in [0.4, 0.5) is 0 Å². The van der Waals surface area contributed by atoms with E-state index in [-0.39, 0.29) is 19.1 Å². The molecule has 0 aliphatic heterocycles. The first-order valence-electron chi connectivity index (χ1n) is 9.34. The van der Waals surface area contributed by atoms with Gasteiger partial charge in [0.1, 0.15) is 5.75 Å². The van der Waals surface area contributed by atoms with Crippen molar-refractivity contribution in [2.45, 2.75) is 6.42 Å². The Hall–Kier alpha value is -3.94. The van der Waals surface area contributed by atoms with Crippen molar-refractivity contribution < 1.29 is 19.1 Å². The summed E-state index contributed by atoms with van der Waals surface area (Å²) in [4.78, 5) is 34.7. The summed E-state index contributed by atoms with van der Waals surface area (Å²) in [5.74, 6) is -1.34.